The fraction of sp³-hybridized carbons (Fsp3) is 0.533. The van der Waals surface area contributed by atoms with Crippen molar-refractivity contribution in [2.24, 2.45) is 0 Å². The molecule has 0 spiro atoms. The molecule has 99 valence electrons. The largest absolute Gasteiger partial charge is 0.354 e. The van der Waals surface area contributed by atoms with Crippen molar-refractivity contribution in [1.29, 1.82) is 0 Å². The number of hydrogen-bond acceptors (Lipinski definition) is 1. The van der Waals surface area contributed by atoms with Crippen LogP contribution in [-0.4, -0.2) is 18.3 Å². The van der Waals surface area contributed by atoms with Gasteiger partial charge in [0.25, 0.3) is 0 Å². The zero-order valence-corrected chi connectivity index (χ0v) is 12.3. The van der Waals surface area contributed by atoms with E-state index in [9.17, 15) is 4.79 Å². The van der Waals surface area contributed by atoms with Gasteiger partial charge in [-0.05, 0) is 23.1 Å². The SMILES string of the molecule is CC(C)c1cc[c]cc1C(C)(C)CNC(=O)CCl. The molecule has 0 aliphatic rings. The molecule has 0 fully saturated rings. The summed E-state index contributed by atoms with van der Waals surface area (Å²) in [5.74, 6) is 0.335. The van der Waals surface area contributed by atoms with Crippen molar-refractivity contribution in [2.75, 3.05) is 12.4 Å². The minimum absolute atomic E-state index is 0.00797. The van der Waals surface area contributed by atoms with Crippen LogP contribution in [0.25, 0.3) is 0 Å². The van der Waals surface area contributed by atoms with E-state index < -0.39 is 0 Å². The van der Waals surface area contributed by atoms with Crippen molar-refractivity contribution in [1.82, 2.24) is 5.32 Å². The Morgan fingerprint density at radius 1 is 1.50 bits per heavy atom. The number of rotatable bonds is 5. The quantitative estimate of drug-likeness (QED) is 0.815. The van der Waals surface area contributed by atoms with E-state index in [1.807, 2.05) is 12.1 Å². The zero-order valence-electron chi connectivity index (χ0n) is 11.5. The van der Waals surface area contributed by atoms with Crippen molar-refractivity contribution >= 4 is 17.5 Å². The number of hydrogen-bond donors (Lipinski definition) is 1. The van der Waals surface area contributed by atoms with Crippen molar-refractivity contribution in [2.45, 2.75) is 39.0 Å². The third-order valence-corrected chi connectivity index (χ3v) is 3.34. The Morgan fingerprint density at radius 2 is 2.17 bits per heavy atom. The number of benzene rings is 1. The molecule has 1 aromatic rings. The number of carbonyl (C=O) groups is 1. The summed E-state index contributed by atoms with van der Waals surface area (Å²) in [7, 11) is 0. The summed E-state index contributed by atoms with van der Waals surface area (Å²) in [5, 5.41) is 2.85. The molecule has 1 rings (SSSR count). The van der Waals surface area contributed by atoms with Crippen LogP contribution in [0, 0.1) is 6.07 Å². The Hall–Kier alpha value is -1.02. The highest BCUT2D eigenvalue weighted by molar-refractivity contribution is 6.27. The van der Waals surface area contributed by atoms with E-state index in [4.69, 9.17) is 11.6 Å². The minimum Gasteiger partial charge on any atom is -0.354 e. The second-order valence-electron chi connectivity index (χ2n) is 5.46. The molecule has 1 radical (unpaired) electrons. The summed E-state index contributed by atoms with van der Waals surface area (Å²) in [6.07, 6.45) is 0. The molecule has 0 aromatic heterocycles. The number of carbonyl (C=O) groups excluding carboxylic acids is 1. The first-order valence-electron chi connectivity index (χ1n) is 6.21. The van der Waals surface area contributed by atoms with Crippen LogP contribution in [0.15, 0.2) is 18.2 Å². The average Bonchev–Trinajstić information content (AvgIpc) is 2.36. The standard InChI is InChI=1S/C15H21ClNO/c1-11(2)12-7-5-6-8-13(12)15(3,4)10-17-14(18)9-16/h5,7-8,11H,9-10H2,1-4H3,(H,17,18). The number of nitrogens with one attached hydrogen (secondary N) is 1. The molecule has 0 aliphatic carbocycles. The molecule has 0 atom stereocenters. The van der Waals surface area contributed by atoms with E-state index in [-0.39, 0.29) is 17.2 Å². The van der Waals surface area contributed by atoms with Gasteiger partial charge in [0.2, 0.25) is 5.91 Å². The summed E-state index contributed by atoms with van der Waals surface area (Å²) < 4.78 is 0. The molecule has 0 aliphatic heterocycles. The lowest BCUT2D eigenvalue weighted by Crippen LogP contribution is -2.37. The maximum atomic E-state index is 11.3. The Balaban J connectivity index is 2.93. The molecule has 0 unspecified atom stereocenters. The minimum atomic E-state index is -0.129. The molecule has 1 aromatic carbocycles. The highest BCUT2D eigenvalue weighted by atomic mass is 35.5. The Kier molecular flexibility index (Phi) is 5.21. The van der Waals surface area contributed by atoms with Gasteiger partial charge in [-0.25, -0.2) is 0 Å². The van der Waals surface area contributed by atoms with E-state index in [2.05, 4.69) is 45.1 Å². The molecule has 0 saturated carbocycles. The van der Waals surface area contributed by atoms with Gasteiger partial charge in [-0.15, -0.1) is 11.6 Å². The molecule has 1 N–H and O–H groups in total. The Morgan fingerprint density at radius 3 is 2.72 bits per heavy atom. The molecular formula is C15H21ClNO. The zero-order chi connectivity index (χ0) is 13.8. The van der Waals surface area contributed by atoms with Gasteiger partial charge in [0.05, 0.1) is 0 Å². The molecule has 0 bridgehead atoms. The first-order valence-corrected chi connectivity index (χ1v) is 6.75. The molecule has 2 nitrogen and oxygen atoms in total. The summed E-state index contributed by atoms with van der Waals surface area (Å²) in [6, 6.07) is 9.18. The topological polar surface area (TPSA) is 29.1 Å². The van der Waals surface area contributed by atoms with Crippen molar-refractivity contribution in [3.05, 3.63) is 35.4 Å². The molecule has 0 heterocycles. The fourth-order valence-electron chi connectivity index (χ4n) is 1.99. The lowest BCUT2D eigenvalue weighted by atomic mass is 9.79. The van der Waals surface area contributed by atoms with E-state index in [0.717, 1.165) is 0 Å². The third kappa shape index (κ3) is 3.74. The Bertz CT molecular complexity index is 413. The lowest BCUT2D eigenvalue weighted by Gasteiger charge is -2.29. The normalized spacial score (nSPS) is 11.7. The molecule has 18 heavy (non-hydrogen) atoms. The van der Waals surface area contributed by atoms with Crippen molar-refractivity contribution in [3.8, 4) is 0 Å². The van der Waals surface area contributed by atoms with Gasteiger partial charge in [0, 0.05) is 12.0 Å². The van der Waals surface area contributed by atoms with Crippen molar-refractivity contribution < 1.29 is 4.79 Å². The predicted molar refractivity (Wildman–Crippen MR) is 76.1 cm³/mol. The first kappa shape index (κ1) is 15.0. The number of amides is 1. The second-order valence-corrected chi connectivity index (χ2v) is 5.73. The van der Waals surface area contributed by atoms with Crippen LogP contribution in [0.3, 0.4) is 0 Å². The van der Waals surface area contributed by atoms with Crippen molar-refractivity contribution in [3.63, 3.8) is 0 Å². The van der Waals surface area contributed by atoms with Gasteiger partial charge >= 0.3 is 0 Å². The maximum Gasteiger partial charge on any atom is 0.234 e. The molecule has 0 saturated heterocycles. The van der Waals surface area contributed by atoms with Crippen LogP contribution in [0.2, 0.25) is 0 Å². The molecule has 1 amide bonds. The van der Waals surface area contributed by atoms with Gasteiger partial charge in [0.15, 0.2) is 0 Å². The summed E-state index contributed by atoms with van der Waals surface area (Å²) >= 11 is 5.49. The van der Waals surface area contributed by atoms with Crippen LogP contribution in [-0.2, 0) is 10.2 Å². The second kappa shape index (κ2) is 6.24. The lowest BCUT2D eigenvalue weighted by molar-refractivity contribution is -0.118. The molecule has 3 heteroatoms. The van der Waals surface area contributed by atoms with Crippen LogP contribution in [0.4, 0.5) is 0 Å². The number of alkyl halides is 1. The maximum absolute atomic E-state index is 11.3. The van der Waals surface area contributed by atoms with Crippen LogP contribution in [0.5, 0.6) is 0 Å². The summed E-state index contributed by atoms with van der Waals surface area (Å²) in [4.78, 5) is 11.3. The van der Waals surface area contributed by atoms with Crippen LogP contribution in [0.1, 0.15) is 44.7 Å². The highest BCUT2D eigenvalue weighted by Crippen LogP contribution is 2.30. The van der Waals surface area contributed by atoms with Crippen LogP contribution >= 0.6 is 11.6 Å². The Labute approximate surface area is 115 Å². The smallest absolute Gasteiger partial charge is 0.234 e. The highest BCUT2D eigenvalue weighted by Gasteiger charge is 2.24. The van der Waals surface area contributed by atoms with Crippen LogP contribution < -0.4 is 5.32 Å². The fourth-order valence-corrected chi connectivity index (χ4v) is 2.09. The van der Waals surface area contributed by atoms with Gasteiger partial charge in [-0.1, -0.05) is 45.9 Å². The van der Waals surface area contributed by atoms with Gasteiger partial charge in [-0.3, -0.25) is 4.79 Å². The molecular weight excluding hydrogens is 246 g/mol. The first-order chi connectivity index (χ1) is 8.38. The van der Waals surface area contributed by atoms with E-state index >= 15 is 0 Å². The van der Waals surface area contributed by atoms with E-state index in [0.29, 0.717) is 12.5 Å². The van der Waals surface area contributed by atoms with Gasteiger partial charge in [-0.2, -0.15) is 0 Å². The summed E-state index contributed by atoms with van der Waals surface area (Å²) in [5.41, 5.74) is 2.41. The van der Waals surface area contributed by atoms with Gasteiger partial charge < -0.3 is 5.32 Å². The summed E-state index contributed by atoms with van der Waals surface area (Å²) in [6.45, 7) is 9.17. The third-order valence-electron chi connectivity index (χ3n) is 3.10. The van der Waals surface area contributed by atoms with Gasteiger partial charge in [0.1, 0.15) is 5.88 Å². The van der Waals surface area contributed by atoms with E-state index in [1.165, 1.54) is 11.1 Å². The van der Waals surface area contributed by atoms with E-state index in [1.54, 1.807) is 0 Å². The number of halogens is 1. The predicted octanol–water partition coefficient (Wildman–Crippen LogP) is 3.24. The average molecular weight is 267 g/mol. The monoisotopic (exact) mass is 266 g/mol.